The fourth-order valence-corrected chi connectivity index (χ4v) is 1.35. The fourth-order valence-electron chi connectivity index (χ4n) is 1.35. The van der Waals surface area contributed by atoms with Crippen LogP contribution >= 0.6 is 0 Å². The largest absolute Gasteiger partial charge is 0.316 e. The van der Waals surface area contributed by atoms with E-state index in [-0.39, 0.29) is 5.56 Å². The summed E-state index contributed by atoms with van der Waals surface area (Å²) in [5.41, 5.74) is 0.110. The highest BCUT2D eigenvalue weighted by Crippen LogP contribution is 1.99. The van der Waals surface area contributed by atoms with Crippen LogP contribution < -0.4 is 5.56 Å². The van der Waals surface area contributed by atoms with Crippen molar-refractivity contribution >= 4 is 0 Å². The number of hydrogen-bond acceptors (Lipinski definition) is 1. The van der Waals surface area contributed by atoms with Crippen LogP contribution in [-0.4, -0.2) is 4.57 Å². The first-order chi connectivity index (χ1) is 6.34. The van der Waals surface area contributed by atoms with Crippen molar-refractivity contribution in [2.24, 2.45) is 0 Å². The molecule has 0 saturated carbocycles. The molecule has 2 nitrogen and oxygen atoms in total. The predicted molar refractivity (Wildman–Crippen MR) is 54.8 cm³/mol. The molecule has 0 aliphatic carbocycles. The summed E-state index contributed by atoms with van der Waals surface area (Å²) in [7, 11) is 0. The normalized spacial score (nSPS) is 10.2. The summed E-state index contributed by atoms with van der Waals surface area (Å²) in [6.07, 6.45) is 6.69. The highest BCUT2D eigenvalue weighted by molar-refractivity contribution is 4.92. The smallest absolute Gasteiger partial charge is 0.250 e. The van der Waals surface area contributed by atoms with Gasteiger partial charge in [0.05, 0.1) is 0 Å². The molecule has 0 spiro atoms. The number of hydrogen-bond donors (Lipinski definition) is 0. The van der Waals surface area contributed by atoms with E-state index in [1.165, 1.54) is 19.3 Å². The Balaban J connectivity index is 2.37. The molecule has 0 N–H and O–H groups in total. The van der Waals surface area contributed by atoms with Gasteiger partial charge < -0.3 is 4.57 Å². The zero-order chi connectivity index (χ0) is 9.52. The van der Waals surface area contributed by atoms with E-state index in [4.69, 9.17) is 0 Å². The van der Waals surface area contributed by atoms with Crippen LogP contribution in [0.2, 0.25) is 0 Å². The third-order valence-corrected chi connectivity index (χ3v) is 2.15. The second-order valence-corrected chi connectivity index (χ2v) is 3.29. The molecule has 13 heavy (non-hydrogen) atoms. The van der Waals surface area contributed by atoms with E-state index in [1.807, 2.05) is 12.3 Å². The maximum Gasteiger partial charge on any atom is 0.250 e. The zero-order valence-electron chi connectivity index (χ0n) is 8.20. The number of rotatable bonds is 5. The Bertz CT molecular complexity index is 290. The first-order valence-electron chi connectivity index (χ1n) is 5.00. The molecule has 0 aromatic carbocycles. The molecule has 72 valence electrons. The van der Waals surface area contributed by atoms with Gasteiger partial charge in [0.2, 0.25) is 5.56 Å². The van der Waals surface area contributed by atoms with Gasteiger partial charge >= 0.3 is 0 Å². The molecule has 0 aliphatic rings. The molecule has 0 aliphatic heterocycles. The van der Waals surface area contributed by atoms with Crippen LogP contribution in [0, 0.1) is 0 Å². The molecular formula is C11H17NO. The summed E-state index contributed by atoms with van der Waals surface area (Å²) in [6, 6.07) is 5.30. The summed E-state index contributed by atoms with van der Waals surface area (Å²) in [5, 5.41) is 0. The molecule has 0 amide bonds. The molecule has 0 atom stereocenters. The Hall–Kier alpha value is -1.05. The molecule has 2 heteroatoms. The maximum absolute atomic E-state index is 11.2. The Labute approximate surface area is 79.2 Å². The third kappa shape index (κ3) is 3.45. The lowest BCUT2D eigenvalue weighted by atomic mass is 10.2. The van der Waals surface area contributed by atoms with E-state index in [0.29, 0.717) is 0 Å². The minimum absolute atomic E-state index is 0.110. The lowest BCUT2D eigenvalue weighted by molar-refractivity contribution is 0.570. The van der Waals surface area contributed by atoms with Gasteiger partial charge in [0.25, 0.3) is 0 Å². The van der Waals surface area contributed by atoms with Crippen molar-refractivity contribution in [3.63, 3.8) is 0 Å². The van der Waals surface area contributed by atoms with Gasteiger partial charge in [0.1, 0.15) is 0 Å². The minimum atomic E-state index is 0.110. The number of nitrogens with zero attached hydrogens (tertiary/aromatic N) is 1. The average molecular weight is 179 g/mol. The Morgan fingerprint density at radius 2 is 2.08 bits per heavy atom. The molecule has 0 radical (unpaired) electrons. The van der Waals surface area contributed by atoms with Crippen molar-refractivity contribution in [2.75, 3.05) is 0 Å². The van der Waals surface area contributed by atoms with Crippen molar-refractivity contribution < 1.29 is 0 Å². The minimum Gasteiger partial charge on any atom is -0.316 e. The van der Waals surface area contributed by atoms with Crippen LogP contribution in [0.25, 0.3) is 0 Å². The van der Waals surface area contributed by atoms with E-state index in [9.17, 15) is 4.79 Å². The van der Waals surface area contributed by atoms with Gasteiger partial charge in [-0.2, -0.15) is 0 Å². The topological polar surface area (TPSA) is 22.0 Å². The maximum atomic E-state index is 11.2. The van der Waals surface area contributed by atoms with Crippen molar-refractivity contribution in [3.8, 4) is 0 Å². The quantitative estimate of drug-likeness (QED) is 0.636. The van der Waals surface area contributed by atoms with Gasteiger partial charge in [-0.25, -0.2) is 0 Å². The van der Waals surface area contributed by atoms with Gasteiger partial charge in [0, 0.05) is 18.8 Å². The van der Waals surface area contributed by atoms with Gasteiger partial charge in [-0.15, -0.1) is 0 Å². The van der Waals surface area contributed by atoms with E-state index < -0.39 is 0 Å². The van der Waals surface area contributed by atoms with Crippen molar-refractivity contribution in [1.29, 1.82) is 0 Å². The number of unbranched alkanes of at least 4 members (excludes halogenated alkanes) is 3. The van der Waals surface area contributed by atoms with Crippen LogP contribution in [0.4, 0.5) is 0 Å². The van der Waals surface area contributed by atoms with Gasteiger partial charge in [-0.05, 0) is 12.5 Å². The van der Waals surface area contributed by atoms with E-state index in [1.54, 1.807) is 16.7 Å². The van der Waals surface area contributed by atoms with E-state index in [0.717, 1.165) is 13.0 Å². The molecule has 1 heterocycles. The van der Waals surface area contributed by atoms with Gasteiger partial charge in [-0.3, -0.25) is 4.79 Å². The molecule has 1 aromatic rings. The molecule has 0 unspecified atom stereocenters. The van der Waals surface area contributed by atoms with E-state index >= 15 is 0 Å². The second kappa shape index (κ2) is 5.57. The highest BCUT2D eigenvalue weighted by atomic mass is 16.1. The lowest BCUT2D eigenvalue weighted by Crippen LogP contribution is -2.17. The molecule has 1 aromatic heterocycles. The van der Waals surface area contributed by atoms with Gasteiger partial charge in [-0.1, -0.05) is 32.3 Å². The first-order valence-corrected chi connectivity index (χ1v) is 5.00. The summed E-state index contributed by atoms with van der Waals surface area (Å²) in [6.45, 7) is 3.05. The zero-order valence-corrected chi connectivity index (χ0v) is 8.20. The summed E-state index contributed by atoms with van der Waals surface area (Å²) in [4.78, 5) is 11.2. The lowest BCUT2D eigenvalue weighted by Gasteiger charge is -2.03. The predicted octanol–water partition coefficient (Wildman–Crippen LogP) is 2.43. The van der Waals surface area contributed by atoms with Crippen LogP contribution in [0.5, 0.6) is 0 Å². The first kappa shape index (κ1) is 10.0. The standard InChI is InChI=1S/C11H17NO/c1-2-3-4-6-9-12-10-7-5-8-11(12)13/h5,7-8,10H,2-4,6,9H2,1H3. The molecule has 0 saturated heterocycles. The van der Waals surface area contributed by atoms with Crippen molar-refractivity contribution in [3.05, 3.63) is 34.7 Å². The van der Waals surface area contributed by atoms with Crippen LogP contribution in [-0.2, 0) is 6.54 Å². The number of pyridine rings is 1. The average Bonchev–Trinajstić information content (AvgIpc) is 2.15. The molecule has 1 rings (SSSR count). The van der Waals surface area contributed by atoms with Crippen molar-refractivity contribution in [1.82, 2.24) is 4.57 Å². The Kier molecular flexibility index (Phi) is 4.30. The Morgan fingerprint density at radius 3 is 2.77 bits per heavy atom. The van der Waals surface area contributed by atoms with Crippen LogP contribution in [0.1, 0.15) is 32.6 Å². The monoisotopic (exact) mass is 179 g/mol. The second-order valence-electron chi connectivity index (χ2n) is 3.29. The van der Waals surface area contributed by atoms with Crippen LogP contribution in [0.3, 0.4) is 0 Å². The summed E-state index contributed by atoms with van der Waals surface area (Å²) >= 11 is 0. The highest BCUT2D eigenvalue weighted by Gasteiger charge is 1.92. The fraction of sp³-hybridized carbons (Fsp3) is 0.545. The number of aromatic nitrogens is 1. The SMILES string of the molecule is CCCCCCn1ccccc1=O. The molecule has 0 fully saturated rings. The van der Waals surface area contributed by atoms with E-state index in [2.05, 4.69) is 6.92 Å². The summed E-state index contributed by atoms with van der Waals surface area (Å²) < 4.78 is 1.77. The third-order valence-electron chi connectivity index (χ3n) is 2.15. The number of aryl methyl sites for hydroxylation is 1. The molecule has 0 bridgehead atoms. The van der Waals surface area contributed by atoms with Gasteiger partial charge in [0.15, 0.2) is 0 Å². The summed E-state index contributed by atoms with van der Waals surface area (Å²) in [5.74, 6) is 0. The van der Waals surface area contributed by atoms with Crippen LogP contribution in [0.15, 0.2) is 29.2 Å². The molecular weight excluding hydrogens is 162 g/mol. The van der Waals surface area contributed by atoms with Crippen molar-refractivity contribution in [2.45, 2.75) is 39.2 Å². The Morgan fingerprint density at radius 1 is 1.23 bits per heavy atom.